The van der Waals surface area contributed by atoms with Crippen molar-refractivity contribution in [1.82, 2.24) is 15.0 Å². The molecule has 0 saturated carbocycles. The maximum Gasteiger partial charge on any atom is 0.254 e. The molecule has 0 radical (unpaired) electrons. The van der Waals surface area contributed by atoms with Crippen molar-refractivity contribution in [2.75, 3.05) is 45.2 Å². The van der Waals surface area contributed by atoms with Crippen molar-refractivity contribution in [2.45, 2.75) is 19.8 Å². The zero-order valence-electron chi connectivity index (χ0n) is 16.3. The Labute approximate surface area is 164 Å². The van der Waals surface area contributed by atoms with Gasteiger partial charge in [-0.1, -0.05) is 11.2 Å². The van der Waals surface area contributed by atoms with E-state index in [1.165, 1.54) is 12.8 Å². The minimum Gasteiger partial charge on any atom is -0.497 e. The summed E-state index contributed by atoms with van der Waals surface area (Å²) in [7, 11) is 1.56. The molecule has 1 aliphatic heterocycles. The second kappa shape index (κ2) is 9.36. The molecule has 0 bridgehead atoms. The van der Waals surface area contributed by atoms with Crippen LogP contribution in [0.4, 0.5) is 5.82 Å². The van der Waals surface area contributed by atoms with Gasteiger partial charge in [0.05, 0.1) is 7.11 Å². The number of amides is 2. The highest BCUT2D eigenvalue weighted by Gasteiger charge is 2.22. The molecule has 0 unspecified atom stereocenters. The van der Waals surface area contributed by atoms with Crippen molar-refractivity contribution in [3.05, 3.63) is 41.7 Å². The predicted octanol–water partition coefficient (Wildman–Crippen LogP) is 2.17. The van der Waals surface area contributed by atoms with Crippen molar-refractivity contribution in [2.24, 2.45) is 0 Å². The summed E-state index contributed by atoms with van der Waals surface area (Å²) in [6.45, 7) is 4.97. The third-order valence-electron chi connectivity index (χ3n) is 4.72. The van der Waals surface area contributed by atoms with Crippen LogP contribution in [0.2, 0.25) is 0 Å². The van der Waals surface area contributed by atoms with E-state index in [0.29, 0.717) is 29.4 Å². The Kier molecular flexibility index (Phi) is 6.65. The van der Waals surface area contributed by atoms with Crippen LogP contribution >= 0.6 is 0 Å². The molecule has 28 heavy (non-hydrogen) atoms. The number of ether oxygens (including phenoxy) is 1. The predicted molar refractivity (Wildman–Crippen MR) is 104 cm³/mol. The van der Waals surface area contributed by atoms with Crippen LogP contribution in [0.1, 0.15) is 29.0 Å². The largest absolute Gasteiger partial charge is 0.497 e. The SMILES string of the molecule is COc1cccc(C(=O)N(CCN2CCCC2)CC(=O)Nc2cc(C)on2)c1. The Bertz CT molecular complexity index is 814. The van der Waals surface area contributed by atoms with Crippen molar-refractivity contribution in [3.8, 4) is 5.75 Å². The fourth-order valence-corrected chi connectivity index (χ4v) is 3.24. The zero-order chi connectivity index (χ0) is 19.9. The number of nitrogens with one attached hydrogen (secondary N) is 1. The third-order valence-corrected chi connectivity index (χ3v) is 4.72. The average Bonchev–Trinajstić information content (AvgIpc) is 3.36. The molecule has 8 heteroatoms. The van der Waals surface area contributed by atoms with Gasteiger partial charge in [0.15, 0.2) is 5.82 Å². The van der Waals surface area contributed by atoms with Crippen LogP contribution in [0.15, 0.2) is 34.9 Å². The van der Waals surface area contributed by atoms with Gasteiger partial charge in [-0.25, -0.2) is 0 Å². The minimum atomic E-state index is -0.314. The van der Waals surface area contributed by atoms with E-state index in [2.05, 4.69) is 15.4 Å². The summed E-state index contributed by atoms with van der Waals surface area (Å²) >= 11 is 0. The molecule has 0 aliphatic carbocycles. The number of aryl methyl sites for hydroxylation is 1. The van der Waals surface area contributed by atoms with Crippen molar-refractivity contribution >= 4 is 17.6 Å². The van der Waals surface area contributed by atoms with Crippen LogP contribution in [0.3, 0.4) is 0 Å². The van der Waals surface area contributed by atoms with Crippen LogP contribution in [0.25, 0.3) is 0 Å². The summed E-state index contributed by atoms with van der Waals surface area (Å²) in [6.07, 6.45) is 2.35. The van der Waals surface area contributed by atoms with Gasteiger partial charge in [-0.2, -0.15) is 0 Å². The minimum absolute atomic E-state index is 0.0597. The van der Waals surface area contributed by atoms with Gasteiger partial charge in [-0.15, -0.1) is 0 Å². The summed E-state index contributed by atoms with van der Waals surface area (Å²) in [5.41, 5.74) is 0.492. The molecule has 1 fully saturated rings. The number of benzene rings is 1. The summed E-state index contributed by atoms with van der Waals surface area (Å²) in [5.74, 6) is 1.04. The van der Waals surface area contributed by atoms with Crippen LogP contribution < -0.4 is 10.1 Å². The Hall–Kier alpha value is -2.87. The van der Waals surface area contributed by atoms with Gasteiger partial charge in [0.1, 0.15) is 18.1 Å². The lowest BCUT2D eigenvalue weighted by Crippen LogP contribution is -2.42. The van der Waals surface area contributed by atoms with E-state index in [1.807, 2.05) is 0 Å². The number of rotatable bonds is 8. The summed E-state index contributed by atoms with van der Waals surface area (Å²) in [6, 6.07) is 8.60. The number of carbonyl (C=O) groups is 2. The molecule has 1 saturated heterocycles. The number of hydrogen-bond acceptors (Lipinski definition) is 6. The van der Waals surface area contributed by atoms with E-state index in [1.54, 1.807) is 49.3 Å². The molecule has 0 spiro atoms. The summed E-state index contributed by atoms with van der Waals surface area (Å²) in [5, 5.41) is 6.44. The lowest BCUT2D eigenvalue weighted by atomic mass is 10.2. The molecule has 1 N–H and O–H groups in total. The Morgan fingerprint density at radius 2 is 2.07 bits per heavy atom. The normalized spacial score (nSPS) is 14.1. The number of anilines is 1. The number of carbonyl (C=O) groups excluding carboxylic acids is 2. The van der Waals surface area contributed by atoms with Gasteiger partial charge in [0, 0.05) is 24.7 Å². The van der Waals surface area contributed by atoms with Crippen LogP contribution in [0.5, 0.6) is 5.75 Å². The van der Waals surface area contributed by atoms with Gasteiger partial charge in [0.2, 0.25) is 5.91 Å². The first-order chi connectivity index (χ1) is 13.5. The van der Waals surface area contributed by atoms with Gasteiger partial charge < -0.3 is 24.4 Å². The topological polar surface area (TPSA) is 87.9 Å². The lowest BCUT2D eigenvalue weighted by Gasteiger charge is -2.25. The first-order valence-corrected chi connectivity index (χ1v) is 9.44. The lowest BCUT2D eigenvalue weighted by molar-refractivity contribution is -0.117. The van der Waals surface area contributed by atoms with Gasteiger partial charge >= 0.3 is 0 Å². The molecule has 8 nitrogen and oxygen atoms in total. The number of hydrogen-bond donors (Lipinski definition) is 1. The maximum atomic E-state index is 13.0. The van der Waals surface area contributed by atoms with Crippen LogP contribution in [-0.2, 0) is 4.79 Å². The molecule has 1 aromatic carbocycles. The Morgan fingerprint density at radius 1 is 1.29 bits per heavy atom. The maximum absolute atomic E-state index is 13.0. The smallest absolute Gasteiger partial charge is 0.254 e. The van der Waals surface area contributed by atoms with Crippen LogP contribution in [0, 0.1) is 6.92 Å². The second-order valence-corrected chi connectivity index (χ2v) is 6.88. The summed E-state index contributed by atoms with van der Waals surface area (Å²) in [4.78, 5) is 29.4. The van der Waals surface area contributed by atoms with E-state index in [4.69, 9.17) is 9.26 Å². The standard InChI is InChI=1S/C20H26N4O4/c1-15-12-18(22-28-15)21-19(25)14-24(11-10-23-8-3-4-9-23)20(26)16-6-5-7-17(13-16)27-2/h5-7,12-13H,3-4,8-11,14H2,1-2H3,(H,21,22,25). The highest BCUT2D eigenvalue weighted by molar-refractivity contribution is 5.99. The monoisotopic (exact) mass is 386 g/mol. The first-order valence-electron chi connectivity index (χ1n) is 9.44. The molecule has 2 amide bonds. The number of likely N-dealkylation sites (tertiary alicyclic amines) is 1. The molecule has 2 heterocycles. The summed E-state index contributed by atoms with van der Waals surface area (Å²) < 4.78 is 10.2. The van der Waals surface area contributed by atoms with Gasteiger partial charge in [-0.3, -0.25) is 9.59 Å². The molecule has 1 aromatic heterocycles. The molecular weight excluding hydrogens is 360 g/mol. The Morgan fingerprint density at radius 3 is 2.75 bits per heavy atom. The molecule has 1 aliphatic rings. The molecule has 0 atom stereocenters. The molecule has 150 valence electrons. The average molecular weight is 386 g/mol. The van der Waals surface area contributed by atoms with Gasteiger partial charge in [0.25, 0.3) is 5.91 Å². The quantitative estimate of drug-likeness (QED) is 0.748. The number of aromatic nitrogens is 1. The molecular formula is C20H26N4O4. The first kappa shape index (κ1) is 19.9. The fraction of sp³-hybridized carbons (Fsp3) is 0.450. The number of nitrogens with zero attached hydrogens (tertiary/aromatic N) is 3. The molecule has 2 aromatic rings. The van der Waals surface area contributed by atoms with Crippen molar-refractivity contribution in [1.29, 1.82) is 0 Å². The highest BCUT2D eigenvalue weighted by Crippen LogP contribution is 2.15. The van der Waals surface area contributed by atoms with E-state index in [-0.39, 0.29) is 18.4 Å². The van der Waals surface area contributed by atoms with Gasteiger partial charge in [-0.05, 0) is 51.1 Å². The third kappa shape index (κ3) is 5.32. The second-order valence-electron chi connectivity index (χ2n) is 6.88. The zero-order valence-corrected chi connectivity index (χ0v) is 16.3. The Balaban J connectivity index is 1.69. The van der Waals surface area contributed by atoms with E-state index in [0.717, 1.165) is 19.6 Å². The highest BCUT2D eigenvalue weighted by atomic mass is 16.5. The molecule has 3 rings (SSSR count). The van der Waals surface area contributed by atoms with Crippen molar-refractivity contribution in [3.63, 3.8) is 0 Å². The van der Waals surface area contributed by atoms with Crippen molar-refractivity contribution < 1.29 is 18.8 Å². The fourth-order valence-electron chi connectivity index (χ4n) is 3.24. The van der Waals surface area contributed by atoms with E-state index in [9.17, 15) is 9.59 Å². The van der Waals surface area contributed by atoms with Crippen LogP contribution in [-0.4, -0.2) is 66.6 Å². The number of methoxy groups -OCH3 is 1. The van der Waals surface area contributed by atoms with E-state index < -0.39 is 0 Å². The van der Waals surface area contributed by atoms with E-state index >= 15 is 0 Å².